The molecule has 0 aliphatic rings. The summed E-state index contributed by atoms with van der Waals surface area (Å²) in [5.74, 6) is 1.65. The van der Waals surface area contributed by atoms with Crippen LogP contribution in [0.15, 0.2) is 398 Å². The fraction of sp³-hybridized carbons (Fsp3) is 0.145. The van der Waals surface area contributed by atoms with Gasteiger partial charge in [0.1, 0.15) is 117 Å². The van der Waals surface area contributed by atoms with Crippen molar-refractivity contribution in [3.8, 4) is 28.7 Å². The fourth-order valence-electron chi connectivity index (χ4n) is 15.4. The lowest BCUT2D eigenvalue weighted by Gasteiger charge is -2.27. The lowest BCUT2D eigenvalue weighted by Crippen LogP contribution is -2.26. The van der Waals surface area contributed by atoms with Crippen molar-refractivity contribution in [2.24, 2.45) is 0 Å². The summed E-state index contributed by atoms with van der Waals surface area (Å²) in [4.78, 5) is 48.3. The molecule has 10 aromatic carbocycles. The Morgan fingerprint density at radius 3 is 1.27 bits per heavy atom. The molecule has 20 aromatic rings. The van der Waals surface area contributed by atoms with Crippen LogP contribution in [0.4, 0.5) is 22.0 Å². The molecule has 746 valence electrons. The van der Waals surface area contributed by atoms with Gasteiger partial charge >= 0.3 is 0 Å². The van der Waals surface area contributed by atoms with Crippen molar-refractivity contribution in [2.45, 2.75) is 106 Å². The van der Waals surface area contributed by atoms with Gasteiger partial charge in [0, 0.05) is 176 Å². The molecule has 0 saturated carbocycles. The number of pyridine rings is 4. The third-order valence-corrected chi connectivity index (χ3v) is 23.3. The van der Waals surface area contributed by atoms with Crippen LogP contribution >= 0.6 is 0 Å². The molecule has 30 heteroatoms. The summed E-state index contributed by atoms with van der Waals surface area (Å²) in [5, 5.41) is 24.4. The Kier molecular flexibility index (Phi) is 35.1. The lowest BCUT2D eigenvalue weighted by molar-refractivity contribution is 0.0779. The van der Waals surface area contributed by atoms with Gasteiger partial charge in [-0.25, -0.2) is 46.9 Å². The second kappa shape index (κ2) is 49.4. The highest BCUT2D eigenvalue weighted by Gasteiger charge is 2.28. The van der Waals surface area contributed by atoms with Crippen molar-refractivity contribution < 1.29 is 55.2 Å². The number of amides is 2. The van der Waals surface area contributed by atoms with Gasteiger partial charge in [-0.05, 0) is 205 Å². The van der Waals surface area contributed by atoms with Crippen molar-refractivity contribution in [2.75, 3.05) is 7.05 Å². The Labute approximate surface area is 848 Å². The summed E-state index contributed by atoms with van der Waals surface area (Å²) >= 11 is 0. The number of carbonyl (C=O) groups is 2. The van der Waals surface area contributed by atoms with Crippen LogP contribution in [0, 0.1) is 29.1 Å². The number of benzene rings is 10. The molecule has 2 amide bonds. The van der Waals surface area contributed by atoms with Crippen LogP contribution in [0.5, 0.6) is 28.7 Å². The SMILES string of the molecule is C.C.C=C(NCc1ccc(OC(C)(C)c2ccccc2F)cc1)c1cccn2ccnc12.C=C(NCc1ccc(OCc2ccccc2F)cc1)c1cccn2nnnc12.C=C(NCc1ccc(OCc2ccccc2F)cc1)c1nccn2ccnc12.CC(C)(Oc1ccc(CNC(=O)c2ccn3ccnc3c2)cc1)c1ccccc1F.CN(Cc1ccc(OCc2ccccc2F)cc1)C(=O)c1cn2ccccc2n1. The maximum Gasteiger partial charge on any atom is 0.274 e. The third-order valence-electron chi connectivity index (χ3n) is 23.3. The van der Waals surface area contributed by atoms with E-state index in [2.05, 4.69) is 81.4 Å². The number of rotatable bonds is 33. The van der Waals surface area contributed by atoms with Gasteiger partial charge in [0.05, 0.1) is 5.70 Å². The van der Waals surface area contributed by atoms with Gasteiger partial charge in [0.2, 0.25) is 0 Å². The number of fused-ring (bicyclic) bond motifs is 5. The van der Waals surface area contributed by atoms with E-state index in [4.69, 9.17) is 23.7 Å². The first-order valence-electron chi connectivity index (χ1n) is 46.3. The summed E-state index contributed by atoms with van der Waals surface area (Å²) in [7, 11) is 1.74. The Balaban J connectivity index is 0.000000145. The molecule has 10 heterocycles. The van der Waals surface area contributed by atoms with Gasteiger partial charge in [-0.15, -0.1) is 5.10 Å². The Hall–Kier alpha value is -18.4. The molecular formula is C117H111F5N18O7. The number of carbonyl (C=O) groups excluding carboxylic acids is 2. The van der Waals surface area contributed by atoms with Crippen molar-refractivity contribution in [1.29, 1.82) is 0 Å². The minimum absolute atomic E-state index is 0. The number of aromatic nitrogens is 13. The monoisotopic (exact) mass is 1970 g/mol. The van der Waals surface area contributed by atoms with Crippen LogP contribution in [0.1, 0.15) is 136 Å². The predicted octanol–water partition coefficient (Wildman–Crippen LogP) is 23.7. The molecule has 4 N–H and O–H groups in total. The molecular weight excluding hydrogens is 1860 g/mol. The first kappa shape index (κ1) is 104. The van der Waals surface area contributed by atoms with E-state index in [1.807, 2.05) is 252 Å². The van der Waals surface area contributed by atoms with Crippen molar-refractivity contribution >= 4 is 57.1 Å². The highest BCUT2D eigenvalue weighted by molar-refractivity contribution is 5.95. The smallest absolute Gasteiger partial charge is 0.274 e. The molecule has 0 unspecified atom stereocenters. The highest BCUT2D eigenvalue weighted by Crippen LogP contribution is 2.33. The molecule has 20 rings (SSSR count). The van der Waals surface area contributed by atoms with E-state index in [1.165, 1.54) is 30.3 Å². The maximum absolute atomic E-state index is 14.1. The van der Waals surface area contributed by atoms with Gasteiger partial charge < -0.3 is 67.5 Å². The maximum atomic E-state index is 14.1. The minimum atomic E-state index is -0.813. The van der Waals surface area contributed by atoms with E-state index >= 15 is 0 Å². The zero-order valence-corrected chi connectivity index (χ0v) is 80.1. The largest absolute Gasteiger partial charge is 0.489 e. The zero-order valence-electron chi connectivity index (χ0n) is 80.1. The van der Waals surface area contributed by atoms with Crippen LogP contribution in [0.25, 0.3) is 45.3 Å². The number of imidazole rings is 4. The minimum Gasteiger partial charge on any atom is -0.489 e. The van der Waals surface area contributed by atoms with Crippen LogP contribution in [0.2, 0.25) is 0 Å². The summed E-state index contributed by atoms with van der Waals surface area (Å²) in [6, 6.07) is 87.8. The number of hydrogen-bond acceptors (Lipinski definition) is 18. The Morgan fingerprint density at radius 1 is 0.374 bits per heavy atom. The standard InChI is InChI=1S/C25H24FN3O.C24H22FN3O2.C23H20FN3O2.C22H19FN4O.C21H18FN5O.2CH4/c1-18(21-7-6-15-29-16-14-27-24(21)29)28-17-19-10-12-20(13-11-19)30-25(2,3)22-8-4-5-9-23(22)26;1-24(2,20-5-3-4-6-21(20)25)30-19-9-7-17(8-10-19)16-27-23(29)18-11-13-28-14-12-26-22(28)15-18;1-26(23(28)21-15-27-13-5-4-8-22(27)25-21)14-17-9-11-19(12-10-17)29-16-18-6-2-3-7-20(18)24;1-16(21-22-25-11-13-27(22)12-10-24-21)26-14-17-6-8-19(9-7-17)28-15-18-4-2-3-5-20(18)23;1-15(19-6-4-12-27-21(19)24-25-26-27)23-13-16-8-10-18(11-9-16)28-14-17-5-2-3-7-20(17)22;;/h4-16,28H,1,17H2,2-3H3;3-15H,16H2,1-2H3,(H,27,29);2-13,15H,14,16H2,1H3;2-13,26H,1,14-15H2;2-12,23H,1,13-14H2;2*1H4. The summed E-state index contributed by atoms with van der Waals surface area (Å²) in [6.45, 7) is 22.9. The number of nitrogens with one attached hydrogen (secondary N) is 4. The van der Waals surface area contributed by atoms with Crippen molar-refractivity contribution in [1.82, 2.24) is 88.7 Å². The predicted molar refractivity (Wildman–Crippen MR) is 562 cm³/mol. The first-order valence-corrected chi connectivity index (χ1v) is 46.3. The number of tetrazole rings is 1. The van der Waals surface area contributed by atoms with E-state index in [1.54, 1.807) is 157 Å². The molecule has 0 atom stereocenters. The van der Waals surface area contributed by atoms with Crippen LogP contribution in [-0.4, -0.2) is 86.3 Å². The molecule has 0 saturated heterocycles. The number of nitrogens with zero attached hydrogens (tertiary/aromatic N) is 14. The molecule has 0 fully saturated rings. The van der Waals surface area contributed by atoms with Crippen LogP contribution in [-0.2, 0) is 63.7 Å². The molecule has 0 aliphatic carbocycles. The Morgan fingerprint density at radius 2 is 0.776 bits per heavy atom. The van der Waals surface area contributed by atoms with Gasteiger partial charge in [-0.1, -0.05) is 192 Å². The molecule has 0 spiro atoms. The Bertz CT molecular complexity index is 7630. The summed E-state index contributed by atoms with van der Waals surface area (Å²) in [6.07, 6.45) is 23.5. The van der Waals surface area contributed by atoms with Gasteiger partial charge in [0.15, 0.2) is 11.3 Å². The topological polar surface area (TPSA) is 257 Å². The van der Waals surface area contributed by atoms with Gasteiger partial charge in [-0.2, -0.15) is 4.52 Å². The average molecular weight is 1980 g/mol. The van der Waals surface area contributed by atoms with E-state index in [0.29, 0.717) is 112 Å². The number of ether oxygens (including phenoxy) is 5. The quantitative estimate of drug-likeness (QED) is 0.0279. The third kappa shape index (κ3) is 27.7. The summed E-state index contributed by atoms with van der Waals surface area (Å²) < 4.78 is 107. The molecule has 25 nitrogen and oxygen atoms in total. The normalized spacial score (nSPS) is 10.9. The average Bonchev–Trinajstić information content (AvgIpc) is 1.73. The van der Waals surface area contributed by atoms with E-state index in [9.17, 15) is 31.5 Å². The number of halogens is 5. The van der Waals surface area contributed by atoms with Crippen molar-refractivity contribution in [3.05, 3.63) is 510 Å². The van der Waals surface area contributed by atoms with Gasteiger partial charge in [0.25, 0.3) is 11.8 Å². The summed E-state index contributed by atoms with van der Waals surface area (Å²) in [5.41, 5.74) is 15.6. The number of hydrogen-bond donors (Lipinski definition) is 4. The second-order valence-electron chi connectivity index (χ2n) is 34.5. The highest BCUT2D eigenvalue weighted by atomic mass is 19.1. The zero-order chi connectivity index (χ0) is 101. The van der Waals surface area contributed by atoms with Crippen LogP contribution in [0.3, 0.4) is 0 Å². The van der Waals surface area contributed by atoms with E-state index < -0.39 is 11.2 Å². The van der Waals surface area contributed by atoms with E-state index in [-0.39, 0.29) is 75.6 Å². The van der Waals surface area contributed by atoms with Gasteiger partial charge in [-0.3, -0.25) is 9.59 Å². The van der Waals surface area contributed by atoms with E-state index in [0.717, 1.165) is 78.6 Å². The first-order chi connectivity index (χ1) is 70.4. The molecule has 0 aliphatic heterocycles. The second-order valence-corrected chi connectivity index (χ2v) is 34.5. The molecule has 0 bridgehead atoms. The lowest BCUT2D eigenvalue weighted by atomic mass is 9.97. The molecule has 147 heavy (non-hydrogen) atoms. The van der Waals surface area contributed by atoms with Crippen LogP contribution < -0.4 is 45.0 Å². The molecule has 10 aromatic heterocycles. The van der Waals surface area contributed by atoms with Crippen molar-refractivity contribution in [3.63, 3.8) is 0 Å². The fourth-order valence-corrected chi connectivity index (χ4v) is 15.4. The molecule has 0 radical (unpaired) electrons.